The number of hydrogen-bond donors (Lipinski definition) is 0. The largest absolute Gasteiger partial charge is 0.418 e. The summed E-state index contributed by atoms with van der Waals surface area (Å²) in [5.41, 5.74) is -0.742. The summed E-state index contributed by atoms with van der Waals surface area (Å²) >= 11 is 0. The van der Waals surface area contributed by atoms with Crippen molar-refractivity contribution in [1.29, 1.82) is 10.5 Å². The van der Waals surface area contributed by atoms with Crippen LogP contribution in [-0.4, -0.2) is 13.2 Å². The third-order valence-electron chi connectivity index (χ3n) is 4.02. The second kappa shape index (κ2) is 5.48. The first-order valence-corrected chi connectivity index (χ1v) is 6.81. The Kier molecular flexibility index (Phi) is 3.96. The first-order valence-electron chi connectivity index (χ1n) is 6.81. The summed E-state index contributed by atoms with van der Waals surface area (Å²) in [6, 6.07) is 9.98. The molecule has 118 valence electrons. The van der Waals surface area contributed by atoms with Crippen molar-refractivity contribution < 1.29 is 13.2 Å². The van der Waals surface area contributed by atoms with Gasteiger partial charge < -0.3 is 4.90 Å². The van der Waals surface area contributed by atoms with Gasteiger partial charge in [0.1, 0.15) is 17.7 Å². The van der Waals surface area contributed by atoms with Crippen LogP contribution in [0.25, 0.3) is 0 Å². The monoisotopic (exact) mass is 317 g/mol. The molecule has 0 radical (unpaired) electrons. The molecule has 0 atom stereocenters. The molecule has 0 fully saturated rings. The van der Waals surface area contributed by atoms with Crippen LogP contribution in [0, 0.1) is 22.7 Å². The molecule has 0 bridgehead atoms. The van der Waals surface area contributed by atoms with Crippen molar-refractivity contribution in [3.8, 4) is 12.1 Å². The maximum atomic E-state index is 13.3. The van der Waals surface area contributed by atoms with Gasteiger partial charge in [0.25, 0.3) is 0 Å². The molecule has 1 aromatic carbocycles. The van der Waals surface area contributed by atoms with E-state index in [9.17, 15) is 13.2 Å². The molecule has 0 aromatic heterocycles. The average Bonchev–Trinajstić information content (AvgIpc) is 2.67. The van der Waals surface area contributed by atoms with Gasteiger partial charge in [0.15, 0.2) is 0 Å². The number of allylic oxidation sites excluding steroid dienone is 4. The third-order valence-corrected chi connectivity index (χ3v) is 4.02. The summed E-state index contributed by atoms with van der Waals surface area (Å²) < 4.78 is 39.8. The molecule has 0 spiro atoms. The Labute approximate surface area is 132 Å². The van der Waals surface area contributed by atoms with Gasteiger partial charge >= 0.3 is 6.18 Å². The van der Waals surface area contributed by atoms with E-state index in [1.165, 1.54) is 12.1 Å². The first kappa shape index (κ1) is 16.6. The van der Waals surface area contributed by atoms with Gasteiger partial charge in [0.05, 0.1) is 5.57 Å². The van der Waals surface area contributed by atoms with E-state index in [2.05, 4.69) is 0 Å². The van der Waals surface area contributed by atoms with Gasteiger partial charge in [0, 0.05) is 23.8 Å². The molecular weight excluding hydrogens is 303 g/mol. The van der Waals surface area contributed by atoms with E-state index in [-0.39, 0.29) is 0 Å². The molecule has 2 rings (SSSR count). The van der Waals surface area contributed by atoms with Crippen LogP contribution < -0.4 is 4.90 Å². The topological polar surface area (TPSA) is 50.8 Å². The average molecular weight is 317 g/mol. The highest BCUT2D eigenvalue weighted by Crippen LogP contribution is 2.47. The lowest BCUT2D eigenvalue weighted by Crippen LogP contribution is -2.25. The van der Waals surface area contributed by atoms with Crippen molar-refractivity contribution in [3.63, 3.8) is 0 Å². The number of benzene rings is 1. The summed E-state index contributed by atoms with van der Waals surface area (Å²) in [7, 11) is 1.67. The van der Waals surface area contributed by atoms with Crippen molar-refractivity contribution in [2.45, 2.75) is 25.4 Å². The summed E-state index contributed by atoms with van der Waals surface area (Å²) in [4.78, 5) is 1.66. The summed E-state index contributed by atoms with van der Waals surface area (Å²) in [5, 5.41) is 17.7. The van der Waals surface area contributed by atoms with Crippen molar-refractivity contribution in [1.82, 2.24) is 0 Å². The summed E-state index contributed by atoms with van der Waals surface area (Å²) in [5.74, 6) is 0. The summed E-state index contributed by atoms with van der Waals surface area (Å²) in [6.07, 6.45) is -3.87. The minimum absolute atomic E-state index is 0.383. The molecule has 0 unspecified atom stereocenters. The molecular formula is C17H14F3N3. The Balaban J connectivity index is 2.71. The molecule has 3 nitrogen and oxygen atoms in total. The van der Waals surface area contributed by atoms with E-state index in [1.54, 1.807) is 11.9 Å². The van der Waals surface area contributed by atoms with Crippen molar-refractivity contribution in [2.75, 3.05) is 11.9 Å². The number of rotatable bonds is 1. The number of likely N-dealkylation sites (N-methyl/N-ethyl adjacent to an activating group) is 1. The number of anilines is 1. The number of halogens is 3. The Morgan fingerprint density at radius 1 is 1.17 bits per heavy atom. The predicted octanol–water partition coefficient (Wildman–Crippen LogP) is 4.20. The van der Waals surface area contributed by atoms with E-state index < -0.39 is 22.7 Å². The first-order chi connectivity index (χ1) is 10.6. The predicted molar refractivity (Wildman–Crippen MR) is 80.3 cm³/mol. The molecule has 23 heavy (non-hydrogen) atoms. The van der Waals surface area contributed by atoms with Crippen LogP contribution in [0.4, 0.5) is 18.9 Å². The van der Waals surface area contributed by atoms with E-state index in [4.69, 9.17) is 10.5 Å². The molecule has 1 aromatic rings. The van der Waals surface area contributed by atoms with Gasteiger partial charge in [-0.1, -0.05) is 32.0 Å². The Hall–Kier alpha value is -2.73. The van der Waals surface area contributed by atoms with Gasteiger partial charge in [-0.05, 0) is 17.7 Å². The van der Waals surface area contributed by atoms with Crippen LogP contribution >= 0.6 is 0 Å². The Morgan fingerprint density at radius 2 is 1.74 bits per heavy atom. The molecule has 0 amide bonds. The Bertz CT molecular complexity index is 771. The number of alkyl halides is 3. The molecule has 1 aliphatic rings. The maximum Gasteiger partial charge on any atom is 0.418 e. The minimum Gasteiger partial charge on any atom is -0.347 e. The molecule has 1 aliphatic heterocycles. The fraction of sp³-hybridized carbons (Fsp3) is 0.294. The van der Waals surface area contributed by atoms with E-state index in [0.717, 1.165) is 17.3 Å². The van der Waals surface area contributed by atoms with Crippen LogP contribution in [0.15, 0.2) is 47.2 Å². The molecule has 1 heterocycles. The van der Waals surface area contributed by atoms with Gasteiger partial charge in [0.2, 0.25) is 0 Å². The number of para-hydroxylation sites is 1. The zero-order valence-corrected chi connectivity index (χ0v) is 12.9. The van der Waals surface area contributed by atoms with Crippen LogP contribution in [0.2, 0.25) is 0 Å². The fourth-order valence-electron chi connectivity index (χ4n) is 2.84. The maximum absolute atomic E-state index is 13.3. The van der Waals surface area contributed by atoms with Gasteiger partial charge in [-0.15, -0.1) is 0 Å². The molecule has 0 saturated heterocycles. The SMILES string of the molecule is CN1C(=CC(=C(C#N)C#N)C(F)(F)F)C(C)(C)c2ccccc21. The van der Waals surface area contributed by atoms with Crippen molar-refractivity contribution >= 4 is 5.69 Å². The highest BCUT2D eigenvalue weighted by molar-refractivity contribution is 5.71. The smallest absolute Gasteiger partial charge is 0.347 e. The van der Waals surface area contributed by atoms with E-state index in [0.29, 0.717) is 5.70 Å². The standard InChI is InChI=1S/C17H14F3N3/c1-16(2)12-6-4-5-7-14(12)23(3)15(16)8-13(17(18,19)20)11(9-21)10-22/h4-8H,1-3H3. The van der Waals surface area contributed by atoms with Gasteiger partial charge in [-0.3, -0.25) is 0 Å². The van der Waals surface area contributed by atoms with Crippen LogP contribution in [0.1, 0.15) is 19.4 Å². The lowest BCUT2D eigenvalue weighted by Gasteiger charge is -2.25. The van der Waals surface area contributed by atoms with Crippen molar-refractivity contribution in [2.24, 2.45) is 0 Å². The number of hydrogen-bond acceptors (Lipinski definition) is 3. The van der Waals surface area contributed by atoms with E-state index in [1.807, 2.05) is 38.1 Å². The zero-order valence-electron chi connectivity index (χ0n) is 12.9. The lowest BCUT2D eigenvalue weighted by atomic mass is 9.83. The number of fused-ring (bicyclic) bond motifs is 1. The van der Waals surface area contributed by atoms with Crippen LogP contribution in [-0.2, 0) is 5.41 Å². The number of nitriles is 2. The fourth-order valence-corrected chi connectivity index (χ4v) is 2.84. The highest BCUT2D eigenvalue weighted by atomic mass is 19.4. The zero-order chi connectivity index (χ0) is 17.4. The molecule has 6 heteroatoms. The minimum atomic E-state index is -4.78. The van der Waals surface area contributed by atoms with E-state index >= 15 is 0 Å². The van der Waals surface area contributed by atoms with Crippen molar-refractivity contribution in [3.05, 3.63) is 52.7 Å². The normalized spacial score (nSPS) is 17.4. The second-order valence-corrected chi connectivity index (χ2v) is 5.74. The third kappa shape index (κ3) is 2.68. The van der Waals surface area contributed by atoms with Gasteiger partial charge in [-0.2, -0.15) is 23.7 Å². The number of nitrogens with zero attached hydrogens (tertiary/aromatic N) is 3. The van der Waals surface area contributed by atoms with Crippen LogP contribution in [0.5, 0.6) is 0 Å². The second-order valence-electron chi connectivity index (χ2n) is 5.74. The molecule has 0 saturated carbocycles. The summed E-state index contributed by atoms with van der Waals surface area (Å²) in [6.45, 7) is 3.63. The molecule has 0 aliphatic carbocycles. The lowest BCUT2D eigenvalue weighted by molar-refractivity contribution is -0.0886. The quantitative estimate of drug-likeness (QED) is 0.729. The highest BCUT2D eigenvalue weighted by Gasteiger charge is 2.42. The molecule has 0 N–H and O–H groups in total. The van der Waals surface area contributed by atoms with Crippen LogP contribution in [0.3, 0.4) is 0 Å². The Morgan fingerprint density at radius 3 is 2.22 bits per heavy atom. The van der Waals surface area contributed by atoms with Gasteiger partial charge in [-0.25, -0.2) is 0 Å².